The van der Waals surface area contributed by atoms with Gasteiger partial charge in [-0.2, -0.15) is 12.6 Å². The van der Waals surface area contributed by atoms with Crippen LogP contribution in [0.15, 0.2) is 24.3 Å². The van der Waals surface area contributed by atoms with E-state index in [1.165, 1.54) is 6.07 Å². The molecule has 1 aromatic rings. The van der Waals surface area contributed by atoms with Crippen molar-refractivity contribution in [3.8, 4) is 0 Å². The van der Waals surface area contributed by atoms with Crippen LogP contribution < -0.4 is 5.32 Å². The Labute approximate surface area is 116 Å². The average molecular weight is 280 g/mol. The van der Waals surface area contributed by atoms with Crippen LogP contribution in [-0.4, -0.2) is 16.6 Å². The van der Waals surface area contributed by atoms with E-state index in [0.29, 0.717) is 17.7 Å². The maximum absolute atomic E-state index is 11.8. The molecular formula is C13H16N2O3S. The van der Waals surface area contributed by atoms with Gasteiger partial charge in [-0.05, 0) is 24.0 Å². The fourth-order valence-corrected chi connectivity index (χ4v) is 2.43. The Morgan fingerprint density at radius 1 is 1.42 bits per heavy atom. The van der Waals surface area contributed by atoms with Gasteiger partial charge in [0.1, 0.15) is 0 Å². The average Bonchev–Trinajstić information content (AvgIpc) is 3.17. The smallest absolute Gasteiger partial charge is 0.274 e. The van der Waals surface area contributed by atoms with Crippen molar-refractivity contribution >= 4 is 24.2 Å². The van der Waals surface area contributed by atoms with Crippen molar-refractivity contribution in [2.75, 3.05) is 5.75 Å². The monoisotopic (exact) mass is 280 g/mol. The minimum absolute atomic E-state index is 0.0399. The van der Waals surface area contributed by atoms with Gasteiger partial charge < -0.3 is 5.32 Å². The molecule has 5 nitrogen and oxygen atoms in total. The van der Waals surface area contributed by atoms with Crippen LogP contribution in [0.4, 0.5) is 5.69 Å². The van der Waals surface area contributed by atoms with E-state index in [1.807, 2.05) is 0 Å². The van der Waals surface area contributed by atoms with E-state index in [-0.39, 0.29) is 23.6 Å². The molecule has 0 saturated heterocycles. The zero-order valence-corrected chi connectivity index (χ0v) is 11.4. The minimum atomic E-state index is -0.433. The first-order valence-corrected chi connectivity index (χ1v) is 6.79. The van der Waals surface area contributed by atoms with Crippen molar-refractivity contribution in [1.29, 1.82) is 0 Å². The van der Waals surface area contributed by atoms with Gasteiger partial charge in [0, 0.05) is 24.6 Å². The molecule has 1 saturated carbocycles. The first kappa shape index (κ1) is 13.9. The summed E-state index contributed by atoms with van der Waals surface area (Å²) in [5, 5.41) is 13.6. The van der Waals surface area contributed by atoms with Crippen molar-refractivity contribution in [2.45, 2.75) is 25.8 Å². The minimum Gasteiger partial charge on any atom is -0.352 e. The van der Waals surface area contributed by atoms with E-state index in [0.717, 1.165) is 12.8 Å². The van der Waals surface area contributed by atoms with Crippen molar-refractivity contribution in [1.82, 2.24) is 5.32 Å². The van der Waals surface area contributed by atoms with Gasteiger partial charge in [-0.25, -0.2) is 0 Å². The molecule has 102 valence electrons. The van der Waals surface area contributed by atoms with Crippen LogP contribution in [0.25, 0.3) is 0 Å². The third kappa shape index (κ3) is 3.47. The van der Waals surface area contributed by atoms with Crippen LogP contribution in [0.3, 0.4) is 0 Å². The lowest BCUT2D eigenvalue weighted by atomic mass is 10.0. The number of nitrogens with zero attached hydrogens (tertiary/aromatic N) is 1. The largest absolute Gasteiger partial charge is 0.352 e. The van der Waals surface area contributed by atoms with E-state index in [2.05, 4.69) is 17.9 Å². The molecule has 1 amide bonds. The Hall–Kier alpha value is -1.56. The van der Waals surface area contributed by atoms with Crippen molar-refractivity contribution < 1.29 is 9.72 Å². The Kier molecular flexibility index (Phi) is 4.09. The van der Waals surface area contributed by atoms with E-state index in [1.54, 1.807) is 18.2 Å². The summed E-state index contributed by atoms with van der Waals surface area (Å²) in [4.78, 5) is 22.2. The second-order valence-electron chi connectivity index (χ2n) is 5.00. The molecule has 1 aliphatic rings. The fraction of sp³-hybridized carbons (Fsp3) is 0.462. The molecule has 0 aromatic heterocycles. The van der Waals surface area contributed by atoms with E-state index in [4.69, 9.17) is 0 Å². The second kappa shape index (κ2) is 5.61. The number of hydrogen-bond acceptors (Lipinski definition) is 4. The van der Waals surface area contributed by atoms with Crippen LogP contribution in [0.5, 0.6) is 0 Å². The summed E-state index contributed by atoms with van der Waals surface area (Å²) in [5.41, 5.74) is 0.630. The Morgan fingerprint density at radius 3 is 2.68 bits per heavy atom. The molecule has 0 aliphatic heterocycles. The topological polar surface area (TPSA) is 72.2 Å². The third-order valence-corrected chi connectivity index (χ3v) is 4.16. The molecule has 19 heavy (non-hydrogen) atoms. The maximum atomic E-state index is 11.8. The first-order valence-electron chi connectivity index (χ1n) is 6.16. The number of hydrogen-bond donors (Lipinski definition) is 2. The molecular weight excluding hydrogens is 264 g/mol. The van der Waals surface area contributed by atoms with Gasteiger partial charge in [0.25, 0.3) is 5.69 Å². The van der Waals surface area contributed by atoms with Crippen LogP contribution in [0.1, 0.15) is 24.8 Å². The van der Waals surface area contributed by atoms with Gasteiger partial charge in [-0.15, -0.1) is 0 Å². The zero-order valence-electron chi connectivity index (χ0n) is 10.5. The Bertz CT molecular complexity index is 500. The van der Waals surface area contributed by atoms with Crippen LogP contribution in [0.2, 0.25) is 0 Å². The van der Waals surface area contributed by atoms with Gasteiger partial charge in [0.2, 0.25) is 5.91 Å². The molecule has 0 heterocycles. The number of rotatable bonds is 6. The summed E-state index contributed by atoms with van der Waals surface area (Å²) in [6, 6.07) is 6.44. The molecule has 0 atom stereocenters. The van der Waals surface area contributed by atoms with E-state index < -0.39 is 4.92 Å². The summed E-state index contributed by atoms with van der Waals surface area (Å²) >= 11 is 4.25. The second-order valence-corrected chi connectivity index (χ2v) is 5.31. The number of thiol groups is 1. The number of carbonyl (C=O) groups excluding carboxylic acids is 1. The molecule has 0 unspecified atom stereocenters. The van der Waals surface area contributed by atoms with Crippen LogP contribution in [-0.2, 0) is 11.3 Å². The first-order chi connectivity index (χ1) is 9.06. The lowest BCUT2D eigenvalue weighted by molar-refractivity contribution is -0.385. The molecule has 0 spiro atoms. The highest BCUT2D eigenvalue weighted by Gasteiger charge is 2.42. The number of amides is 1. The van der Waals surface area contributed by atoms with E-state index in [9.17, 15) is 14.9 Å². The lowest BCUT2D eigenvalue weighted by Gasteiger charge is -2.11. The Balaban J connectivity index is 1.92. The van der Waals surface area contributed by atoms with Crippen LogP contribution >= 0.6 is 12.6 Å². The maximum Gasteiger partial charge on any atom is 0.274 e. The number of nitro groups is 1. The molecule has 1 fully saturated rings. The summed E-state index contributed by atoms with van der Waals surface area (Å²) in [6.07, 6.45) is 2.53. The van der Waals surface area contributed by atoms with Gasteiger partial charge in [0.05, 0.1) is 4.92 Å². The number of nitro benzene ring substituents is 1. The highest BCUT2D eigenvalue weighted by atomic mass is 32.1. The molecule has 1 aromatic carbocycles. The van der Waals surface area contributed by atoms with Gasteiger partial charge in [0.15, 0.2) is 0 Å². The number of nitrogens with one attached hydrogen (secondary N) is 1. The van der Waals surface area contributed by atoms with Crippen molar-refractivity contribution in [3.63, 3.8) is 0 Å². The van der Waals surface area contributed by atoms with E-state index >= 15 is 0 Å². The molecule has 0 radical (unpaired) electrons. The number of para-hydroxylation sites is 1. The third-order valence-electron chi connectivity index (χ3n) is 3.49. The summed E-state index contributed by atoms with van der Waals surface area (Å²) in [6.45, 7) is 0.193. The fourth-order valence-electron chi connectivity index (χ4n) is 2.00. The number of carbonyl (C=O) groups is 1. The summed E-state index contributed by atoms with van der Waals surface area (Å²) in [7, 11) is 0. The van der Waals surface area contributed by atoms with Crippen molar-refractivity contribution in [3.05, 3.63) is 39.9 Å². The highest BCUT2D eigenvalue weighted by Crippen LogP contribution is 2.49. The van der Waals surface area contributed by atoms with Crippen LogP contribution in [0, 0.1) is 15.5 Å². The zero-order chi connectivity index (χ0) is 13.9. The van der Waals surface area contributed by atoms with Gasteiger partial charge in [-0.1, -0.05) is 18.2 Å². The van der Waals surface area contributed by atoms with Crippen molar-refractivity contribution in [2.24, 2.45) is 5.41 Å². The molecule has 0 bridgehead atoms. The standard InChI is InChI=1S/C13H16N2O3S/c16-12(7-13(9-19)5-6-13)14-8-10-3-1-2-4-11(10)15(17)18/h1-4,19H,5-9H2,(H,14,16). The van der Waals surface area contributed by atoms with Gasteiger partial charge in [-0.3, -0.25) is 14.9 Å². The lowest BCUT2D eigenvalue weighted by Crippen LogP contribution is -2.26. The quantitative estimate of drug-likeness (QED) is 0.477. The van der Waals surface area contributed by atoms with Gasteiger partial charge >= 0.3 is 0 Å². The summed E-state index contributed by atoms with van der Waals surface area (Å²) in [5.74, 6) is 0.649. The molecule has 1 aliphatic carbocycles. The highest BCUT2D eigenvalue weighted by molar-refractivity contribution is 7.80. The number of benzene rings is 1. The normalized spacial score (nSPS) is 15.8. The molecule has 6 heteroatoms. The molecule has 2 rings (SSSR count). The predicted molar refractivity (Wildman–Crippen MR) is 75.1 cm³/mol. The Morgan fingerprint density at radius 2 is 2.11 bits per heavy atom. The SMILES string of the molecule is O=C(CC1(CS)CC1)NCc1ccccc1[N+](=O)[O-]. The molecule has 1 N–H and O–H groups in total. The predicted octanol–water partition coefficient (Wildman–Crippen LogP) is 2.31. The summed E-state index contributed by atoms with van der Waals surface area (Å²) < 4.78 is 0.